The summed E-state index contributed by atoms with van der Waals surface area (Å²) in [7, 11) is 1.65. The summed E-state index contributed by atoms with van der Waals surface area (Å²) in [6.45, 7) is 2.32. The first-order valence-electron chi connectivity index (χ1n) is 9.71. The van der Waals surface area contributed by atoms with Crippen LogP contribution in [0.4, 0.5) is 4.39 Å². The number of aliphatic hydroxyl groups is 1. The van der Waals surface area contributed by atoms with Crippen molar-refractivity contribution in [2.75, 3.05) is 26.7 Å². The van der Waals surface area contributed by atoms with E-state index >= 15 is 0 Å². The number of aromatic hydroxyl groups is 1. The zero-order valence-electron chi connectivity index (χ0n) is 15.9. The lowest BCUT2D eigenvalue weighted by Gasteiger charge is -2.22. The molecule has 4 atom stereocenters. The van der Waals surface area contributed by atoms with Gasteiger partial charge in [0.25, 0.3) is 0 Å². The lowest BCUT2D eigenvalue weighted by molar-refractivity contribution is 0.116. The van der Waals surface area contributed by atoms with Crippen molar-refractivity contribution < 1.29 is 24.1 Å². The van der Waals surface area contributed by atoms with E-state index in [0.29, 0.717) is 23.9 Å². The smallest absolute Gasteiger partial charge is 0.165 e. The molecule has 0 bridgehead atoms. The minimum atomic E-state index is -0.764. The Labute approximate surface area is 164 Å². The molecule has 2 N–H and O–H groups in total. The van der Waals surface area contributed by atoms with Crippen LogP contribution in [0.15, 0.2) is 42.5 Å². The first-order chi connectivity index (χ1) is 13.5. The maximum atomic E-state index is 13.5. The quantitative estimate of drug-likeness (QED) is 0.796. The highest BCUT2D eigenvalue weighted by atomic mass is 19.1. The van der Waals surface area contributed by atoms with Crippen molar-refractivity contribution >= 4 is 0 Å². The summed E-state index contributed by atoms with van der Waals surface area (Å²) in [6.07, 6.45) is 1.48. The second kappa shape index (κ2) is 7.97. The highest BCUT2D eigenvalue weighted by Crippen LogP contribution is 2.40. The molecule has 2 fully saturated rings. The van der Waals surface area contributed by atoms with Crippen molar-refractivity contribution in [1.82, 2.24) is 4.90 Å². The Morgan fingerprint density at radius 2 is 1.71 bits per heavy atom. The molecule has 6 heteroatoms. The summed E-state index contributed by atoms with van der Waals surface area (Å²) in [5.41, 5.74) is 0.494. The topological polar surface area (TPSA) is 62.2 Å². The average molecular weight is 387 g/mol. The number of phenolic OH excluding ortho intramolecular Hbond substituents is 1. The fourth-order valence-electron chi connectivity index (χ4n) is 4.51. The molecule has 2 aliphatic rings. The number of likely N-dealkylation sites (tertiary alicyclic amines) is 1. The predicted molar refractivity (Wildman–Crippen MR) is 103 cm³/mol. The zero-order chi connectivity index (χ0) is 19.7. The van der Waals surface area contributed by atoms with Crippen LogP contribution >= 0.6 is 0 Å². The molecule has 5 nitrogen and oxygen atoms in total. The van der Waals surface area contributed by atoms with Gasteiger partial charge < -0.3 is 19.7 Å². The summed E-state index contributed by atoms with van der Waals surface area (Å²) in [4.78, 5) is 2.24. The van der Waals surface area contributed by atoms with Gasteiger partial charge in [-0.2, -0.15) is 0 Å². The van der Waals surface area contributed by atoms with Crippen LogP contribution in [-0.2, 0) is 0 Å². The largest absolute Gasteiger partial charge is 0.505 e. The Morgan fingerprint density at radius 3 is 2.32 bits per heavy atom. The van der Waals surface area contributed by atoms with Crippen LogP contribution in [0.25, 0.3) is 0 Å². The molecule has 0 aromatic heterocycles. The van der Waals surface area contributed by atoms with E-state index in [1.807, 2.05) is 24.3 Å². The summed E-state index contributed by atoms with van der Waals surface area (Å²) < 4.78 is 24.8. The van der Waals surface area contributed by atoms with Crippen molar-refractivity contribution in [3.8, 4) is 17.2 Å². The van der Waals surface area contributed by atoms with Gasteiger partial charge in [0.2, 0.25) is 0 Å². The minimum absolute atomic E-state index is 0.224. The molecule has 4 rings (SSSR count). The molecule has 0 amide bonds. The van der Waals surface area contributed by atoms with E-state index in [1.54, 1.807) is 13.2 Å². The Kier molecular flexibility index (Phi) is 5.42. The number of fused-ring (bicyclic) bond motifs is 1. The molecule has 1 unspecified atom stereocenters. The van der Waals surface area contributed by atoms with Crippen molar-refractivity contribution in [2.24, 2.45) is 11.8 Å². The van der Waals surface area contributed by atoms with Gasteiger partial charge in [-0.15, -0.1) is 0 Å². The highest BCUT2D eigenvalue weighted by Gasteiger charge is 2.42. The number of hydrogen-bond acceptors (Lipinski definition) is 5. The number of β-amino-alcohol motifs (C(OH)–C–C–N with tert-alkyl or cyclic N) is 1. The van der Waals surface area contributed by atoms with Crippen molar-refractivity contribution in [1.29, 1.82) is 0 Å². The molecule has 2 aromatic rings. The third kappa shape index (κ3) is 4.08. The van der Waals surface area contributed by atoms with E-state index in [0.717, 1.165) is 37.4 Å². The first kappa shape index (κ1) is 19.0. The SMILES string of the molecule is COc1ccc(O[C@H]2C[C@@H]3CN(CC(O)c4ccc(O)c(F)c4)C[C@@H]3C2)cc1. The van der Waals surface area contributed by atoms with Gasteiger partial charge in [0, 0.05) is 19.6 Å². The number of hydrogen-bond donors (Lipinski definition) is 2. The van der Waals surface area contributed by atoms with Crippen LogP contribution in [0.1, 0.15) is 24.5 Å². The van der Waals surface area contributed by atoms with Gasteiger partial charge >= 0.3 is 0 Å². The highest BCUT2D eigenvalue weighted by molar-refractivity contribution is 5.31. The van der Waals surface area contributed by atoms with Crippen molar-refractivity contribution in [2.45, 2.75) is 25.0 Å². The molecule has 150 valence electrons. The van der Waals surface area contributed by atoms with Gasteiger partial charge in [0.05, 0.1) is 19.3 Å². The molecule has 28 heavy (non-hydrogen) atoms. The van der Waals surface area contributed by atoms with Crippen LogP contribution in [0, 0.1) is 17.7 Å². The van der Waals surface area contributed by atoms with Gasteiger partial charge in [0.1, 0.15) is 11.5 Å². The lowest BCUT2D eigenvalue weighted by atomic mass is 10.0. The Balaban J connectivity index is 1.28. The Bertz CT molecular complexity index is 799. The fraction of sp³-hybridized carbons (Fsp3) is 0.455. The molecule has 1 aliphatic carbocycles. The van der Waals surface area contributed by atoms with Crippen LogP contribution in [-0.4, -0.2) is 48.0 Å². The molecule has 1 aliphatic heterocycles. The average Bonchev–Trinajstić information content (AvgIpc) is 3.22. The molecular formula is C22H26FNO4. The first-order valence-corrected chi connectivity index (χ1v) is 9.71. The van der Waals surface area contributed by atoms with Crippen LogP contribution < -0.4 is 9.47 Å². The normalized spacial score (nSPS) is 25.5. The number of ether oxygens (including phenoxy) is 2. The van der Waals surface area contributed by atoms with E-state index in [2.05, 4.69) is 4.90 Å². The summed E-state index contributed by atoms with van der Waals surface area (Å²) in [6, 6.07) is 11.7. The van der Waals surface area contributed by atoms with Crippen LogP contribution in [0.3, 0.4) is 0 Å². The molecular weight excluding hydrogens is 361 g/mol. The number of phenols is 1. The number of methoxy groups -OCH3 is 1. The van der Waals surface area contributed by atoms with E-state index in [-0.39, 0.29) is 6.10 Å². The number of aliphatic hydroxyl groups excluding tert-OH is 1. The van der Waals surface area contributed by atoms with E-state index in [4.69, 9.17) is 9.47 Å². The molecule has 1 saturated carbocycles. The zero-order valence-corrected chi connectivity index (χ0v) is 15.9. The number of benzene rings is 2. The molecule has 1 saturated heterocycles. The van der Waals surface area contributed by atoms with Gasteiger partial charge in [-0.3, -0.25) is 4.90 Å². The number of halogens is 1. The second-order valence-corrected chi connectivity index (χ2v) is 7.85. The van der Waals surface area contributed by atoms with Crippen LogP contribution in [0.2, 0.25) is 0 Å². The van der Waals surface area contributed by atoms with Gasteiger partial charge in [-0.1, -0.05) is 6.07 Å². The summed E-state index contributed by atoms with van der Waals surface area (Å²) >= 11 is 0. The van der Waals surface area contributed by atoms with E-state index in [9.17, 15) is 14.6 Å². The molecule has 2 aromatic carbocycles. The molecule has 0 radical (unpaired) electrons. The van der Waals surface area contributed by atoms with Crippen molar-refractivity contribution in [3.05, 3.63) is 53.8 Å². The van der Waals surface area contributed by atoms with Gasteiger partial charge in [0.15, 0.2) is 11.6 Å². The minimum Gasteiger partial charge on any atom is -0.505 e. The number of rotatable bonds is 6. The standard InChI is InChI=1S/C22H26FNO4/c1-27-17-3-5-18(6-4-17)28-19-8-15-11-24(12-16(15)9-19)13-22(26)14-2-7-21(25)20(23)10-14/h2-7,10,15-16,19,22,25-26H,8-9,11-13H2,1H3/t15-,16+,19+,22?. The van der Waals surface area contributed by atoms with Crippen LogP contribution in [0.5, 0.6) is 17.2 Å². The summed E-state index contributed by atoms with van der Waals surface area (Å²) in [5.74, 6) is 1.72. The monoisotopic (exact) mass is 387 g/mol. The Hall–Kier alpha value is -2.31. The van der Waals surface area contributed by atoms with Gasteiger partial charge in [-0.05, 0) is 66.6 Å². The van der Waals surface area contributed by atoms with Gasteiger partial charge in [-0.25, -0.2) is 4.39 Å². The number of nitrogens with zero attached hydrogens (tertiary/aromatic N) is 1. The Morgan fingerprint density at radius 1 is 1.07 bits per heavy atom. The van der Waals surface area contributed by atoms with E-state index in [1.165, 1.54) is 12.1 Å². The maximum Gasteiger partial charge on any atom is 0.165 e. The third-order valence-electron chi connectivity index (χ3n) is 5.93. The molecule has 1 heterocycles. The van der Waals surface area contributed by atoms with Crippen molar-refractivity contribution in [3.63, 3.8) is 0 Å². The third-order valence-corrected chi connectivity index (χ3v) is 5.93. The fourth-order valence-corrected chi connectivity index (χ4v) is 4.51. The lowest BCUT2D eigenvalue weighted by Crippen LogP contribution is -2.29. The summed E-state index contributed by atoms with van der Waals surface area (Å²) in [5, 5.41) is 19.7. The second-order valence-electron chi connectivity index (χ2n) is 7.85. The molecule has 0 spiro atoms. The van der Waals surface area contributed by atoms with E-state index < -0.39 is 17.7 Å². The maximum absolute atomic E-state index is 13.5. The predicted octanol–water partition coefficient (Wildman–Crippen LogP) is 3.36.